The minimum Gasteiger partial charge on any atom is -0.309 e. The van der Waals surface area contributed by atoms with Crippen LogP contribution >= 0.6 is 11.3 Å². The van der Waals surface area contributed by atoms with Crippen molar-refractivity contribution in [3.63, 3.8) is 0 Å². The first-order valence-electron chi connectivity index (χ1n) is 6.51. The number of rotatable bonds is 2. The number of thiazole rings is 1. The van der Waals surface area contributed by atoms with E-state index in [0.717, 1.165) is 24.4 Å². The Balaban J connectivity index is 1.63. The Bertz CT molecular complexity index is 434. The summed E-state index contributed by atoms with van der Waals surface area (Å²) in [6, 6.07) is 1.00. The van der Waals surface area contributed by atoms with Gasteiger partial charge in [-0.05, 0) is 12.8 Å². The summed E-state index contributed by atoms with van der Waals surface area (Å²) in [6.07, 6.45) is 0.649. The van der Waals surface area contributed by atoms with Gasteiger partial charge >= 0.3 is 6.18 Å². The highest BCUT2D eigenvalue weighted by atomic mass is 32.1. The van der Waals surface area contributed by atoms with Crippen LogP contribution < -0.4 is 5.32 Å². The Hall–Kier alpha value is -0.660. The van der Waals surface area contributed by atoms with Gasteiger partial charge in [0.05, 0.1) is 0 Å². The van der Waals surface area contributed by atoms with Crippen molar-refractivity contribution in [1.29, 1.82) is 0 Å². The van der Waals surface area contributed by atoms with E-state index in [9.17, 15) is 13.2 Å². The molecule has 0 aromatic carbocycles. The number of nitrogens with zero attached hydrogens (tertiary/aromatic N) is 2. The molecule has 3 heterocycles. The smallest absolute Gasteiger partial charge is 0.309 e. The summed E-state index contributed by atoms with van der Waals surface area (Å²) in [5.74, 6) is 0. The van der Waals surface area contributed by atoms with E-state index in [0.29, 0.717) is 23.5 Å². The van der Waals surface area contributed by atoms with Crippen molar-refractivity contribution in [3.05, 3.63) is 16.1 Å². The zero-order valence-electron chi connectivity index (χ0n) is 10.4. The molecule has 19 heavy (non-hydrogen) atoms. The Morgan fingerprint density at radius 2 is 2.00 bits per heavy atom. The van der Waals surface area contributed by atoms with Crippen molar-refractivity contribution >= 4 is 11.3 Å². The average Bonchev–Trinajstić information content (AvgIpc) is 2.76. The third-order valence-electron chi connectivity index (χ3n) is 3.71. The van der Waals surface area contributed by atoms with Crippen molar-refractivity contribution in [1.82, 2.24) is 15.2 Å². The monoisotopic (exact) mass is 291 g/mol. The maximum atomic E-state index is 12.5. The third kappa shape index (κ3) is 3.09. The van der Waals surface area contributed by atoms with E-state index in [4.69, 9.17) is 0 Å². The van der Waals surface area contributed by atoms with Crippen LogP contribution in [0.3, 0.4) is 0 Å². The molecule has 1 aromatic heterocycles. The topological polar surface area (TPSA) is 28.2 Å². The quantitative estimate of drug-likeness (QED) is 0.907. The summed E-state index contributed by atoms with van der Waals surface area (Å²) >= 11 is 0.763. The first-order chi connectivity index (χ1) is 9.00. The fourth-order valence-electron chi connectivity index (χ4n) is 2.96. The summed E-state index contributed by atoms with van der Waals surface area (Å²) in [5, 5.41) is 2.83. The molecular formula is C12H16F3N3S. The van der Waals surface area contributed by atoms with E-state index in [1.165, 1.54) is 25.5 Å². The predicted molar refractivity (Wildman–Crippen MR) is 67.0 cm³/mol. The van der Waals surface area contributed by atoms with Crippen molar-refractivity contribution in [3.8, 4) is 0 Å². The molecule has 2 aliphatic rings. The molecule has 0 amide bonds. The third-order valence-corrected chi connectivity index (χ3v) is 4.74. The molecule has 1 N–H and O–H groups in total. The fraction of sp³-hybridized carbons (Fsp3) is 0.750. The van der Waals surface area contributed by atoms with Gasteiger partial charge in [-0.25, -0.2) is 4.98 Å². The Kier molecular flexibility index (Phi) is 3.53. The molecule has 0 saturated carbocycles. The van der Waals surface area contributed by atoms with Gasteiger partial charge in [-0.3, -0.25) is 4.90 Å². The van der Waals surface area contributed by atoms with Gasteiger partial charge in [-0.1, -0.05) is 6.42 Å². The molecule has 2 bridgehead atoms. The van der Waals surface area contributed by atoms with Crippen molar-refractivity contribution in [2.45, 2.75) is 44.1 Å². The summed E-state index contributed by atoms with van der Waals surface area (Å²) in [4.78, 5) is 6.43. The van der Waals surface area contributed by atoms with Gasteiger partial charge in [0.25, 0.3) is 0 Å². The van der Waals surface area contributed by atoms with E-state index < -0.39 is 11.2 Å². The van der Waals surface area contributed by atoms with Crippen LogP contribution in [-0.2, 0) is 12.7 Å². The lowest BCUT2D eigenvalue weighted by Crippen LogP contribution is -2.58. The van der Waals surface area contributed by atoms with Crippen molar-refractivity contribution in [2.75, 3.05) is 13.1 Å². The van der Waals surface area contributed by atoms with E-state index in [-0.39, 0.29) is 0 Å². The van der Waals surface area contributed by atoms with Crippen LogP contribution in [0.1, 0.15) is 29.1 Å². The first kappa shape index (κ1) is 13.3. The zero-order chi connectivity index (χ0) is 13.5. The molecule has 2 aliphatic heterocycles. The number of hydrogen-bond donors (Lipinski definition) is 1. The highest BCUT2D eigenvalue weighted by Crippen LogP contribution is 2.33. The normalized spacial score (nSPS) is 28.6. The molecule has 1 aromatic rings. The van der Waals surface area contributed by atoms with Crippen LogP contribution in [-0.4, -0.2) is 35.1 Å². The second-order valence-corrected chi connectivity index (χ2v) is 6.43. The van der Waals surface area contributed by atoms with Gasteiger partial charge in [-0.2, -0.15) is 13.2 Å². The molecule has 2 saturated heterocycles. The maximum absolute atomic E-state index is 12.5. The molecule has 7 heteroatoms. The van der Waals surface area contributed by atoms with E-state index in [2.05, 4.69) is 15.2 Å². The lowest BCUT2D eigenvalue weighted by Gasteiger charge is -2.42. The first-order valence-corrected chi connectivity index (χ1v) is 7.32. The summed E-state index contributed by atoms with van der Waals surface area (Å²) < 4.78 is 37.5. The fourth-order valence-corrected chi connectivity index (χ4v) is 3.78. The molecule has 0 radical (unpaired) electrons. The minimum atomic E-state index is -4.32. The van der Waals surface area contributed by atoms with E-state index in [1.807, 2.05) is 0 Å². The van der Waals surface area contributed by atoms with Crippen LogP contribution in [0, 0.1) is 0 Å². The highest BCUT2D eigenvalue weighted by molar-refractivity contribution is 7.11. The van der Waals surface area contributed by atoms with Crippen LogP contribution in [0.2, 0.25) is 0 Å². The molecule has 3 nitrogen and oxygen atoms in total. The number of piperidine rings is 1. The zero-order valence-corrected chi connectivity index (χ0v) is 11.2. The lowest BCUT2D eigenvalue weighted by molar-refractivity contribution is -0.137. The second kappa shape index (κ2) is 5.03. The molecule has 2 fully saturated rings. The number of alkyl halides is 3. The minimum absolute atomic E-state index is 0.502. The van der Waals surface area contributed by atoms with E-state index >= 15 is 0 Å². The van der Waals surface area contributed by atoms with Crippen LogP contribution in [0.4, 0.5) is 13.2 Å². The predicted octanol–water partition coefficient (Wildman–Crippen LogP) is 2.49. The average molecular weight is 291 g/mol. The Labute approximate surface area is 113 Å². The van der Waals surface area contributed by atoms with Gasteiger partial charge in [0, 0.05) is 42.8 Å². The molecule has 106 valence electrons. The molecule has 0 aliphatic carbocycles. The van der Waals surface area contributed by atoms with Crippen LogP contribution in [0.5, 0.6) is 0 Å². The molecule has 3 rings (SSSR count). The number of likely N-dealkylation sites (tertiary alicyclic amines) is 1. The Morgan fingerprint density at radius 3 is 2.58 bits per heavy atom. The molecule has 2 unspecified atom stereocenters. The van der Waals surface area contributed by atoms with Crippen LogP contribution in [0.15, 0.2) is 6.20 Å². The van der Waals surface area contributed by atoms with Gasteiger partial charge < -0.3 is 5.32 Å². The Morgan fingerprint density at radius 1 is 1.32 bits per heavy atom. The molecule has 0 spiro atoms. The summed E-state index contributed by atoms with van der Waals surface area (Å²) in [7, 11) is 0. The number of hydrogen-bond acceptors (Lipinski definition) is 4. The molecule has 2 atom stereocenters. The highest BCUT2D eigenvalue weighted by Gasteiger charge is 2.35. The maximum Gasteiger partial charge on any atom is 0.443 e. The van der Waals surface area contributed by atoms with Crippen LogP contribution in [0.25, 0.3) is 0 Å². The van der Waals surface area contributed by atoms with Gasteiger partial charge in [-0.15, -0.1) is 11.3 Å². The van der Waals surface area contributed by atoms with Gasteiger partial charge in [0.1, 0.15) is 0 Å². The van der Waals surface area contributed by atoms with Crippen molar-refractivity contribution < 1.29 is 13.2 Å². The second-order valence-electron chi connectivity index (χ2n) is 5.31. The number of halogens is 3. The van der Waals surface area contributed by atoms with Crippen molar-refractivity contribution in [2.24, 2.45) is 0 Å². The summed E-state index contributed by atoms with van der Waals surface area (Å²) in [5.41, 5.74) is 0. The van der Waals surface area contributed by atoms with Gasteiger partial charge in [0.2, 0.25) is 0 Å². The molecular weight excluding hydrogens is 275 g/mol. The SMILES string of the molecule is FC(F)(F)c1ncc(CN2CC3CCCC(C2)N3)s1. The number of nitrogens with one attached hydrogen (secondary N) is 1. The standard InChI is InChI=1S/C12H16F3N3S/c13-12(14,15)11-16-4-10(19-11)7-18-5-8-2-1-3-9(6-18)17-8/h4,8-9,17H,1-3,5-7H2. The number of aromatic nitrogens is 1. The summed E-state index contributed by atoms with van der Waals surface area (Å²) in [6.45, 7) is 2.44. The van der Waals surface area contributed by atoms with Gasteiger partial charge in [0.15, 0.2) is 5.01 Å². The lowest BCUT2D eigenvalue weighted by atomic mass is 9.94. The number of piperazine rings is 1. The van der Waals surface area contributed by atoms with E-state index in [1.54, 1.807) is 0 Å². The largest absolute Gasteiger partial charge is 0.443 e. The number of fused-ring (bicyclic) bond motifs is 2.